The molecule has 0 radical (unpaired) electrons. The highest BCUT2D eigenvalue weighted by atomic mass is 19.4. The minimum atomic E-state index is -4.44. The van der Waals surface area contributed by atoms with Crippen LogP contribution in [0.4, 0.5) is 13.2 Å². The minimum absolute atomic E-state index is 0.0928. The van der Waals surface area contributed by atoms with Gasteiger partial charge in [0.25, 0.3) is 5.91 Å². The first-order chi connectivity index (χ1) is 15.3. The second kappa shape index (κ2) is 7.65. The van der Waals surface area contributed by atoms with Gasteiger partial charge in [-0.1, -0.05) is 18.2 Å². The Kier molecular flexibility index (Phi) is 4.91. The number of alkyl halides is 3. The molecule has 6 nitrogen and oxygen atoms in total. The molecule has 3 atom stereocenters. The molecule has 1 aliphatic carbocycles. The largest absolute Gasteiger partial charge is 0.472 e. The number of carbonyl (C=O) groups is 1. The van der Waals surface area contributed by atoms with Crippen LogP contribution < -0.4 is 4.74 Å². The van der Waals surface area contributed by atoms with E-state index >= 15 is 0 Å². The lowest BCUT2D eigenvalue weighted by Gasteiger charge is -2.33. The highest BCUT2D eigenvalue weighted by Gasteiger charge is 2.48. The van der Waals surface area contributed by atoms with Crippen molar-refractivity contribution < 1.29 is 22.7 Å². The summed E-state index contributed by atoms with van der Waals surface area (Å²) in [5.41, 5.74) is 0.510. The van der Waals surface area contributed by atoms with Gasteiger partial charge in [-0.3, -0.25) is 4.79 Å². The van der Waals surface area contributed by atoms with E-state index in [9.17, 15) is 18.0 Å². The number of amides is 1. The van der Waals surface area contributed by atoms with E-state index in [0.717, 1.165) is 30.7 Å². The number of nitrogens with zero attached hydrogens (tertiary/aromatic N) is 4. The first kappa shape index (κ1) is 20.5. The fourth-order valence-corrected chi connectivity index (χ4v) is 4.74. The molecule has 9 heteroatoms. The van der Waals surface area contributed by atoms with Crippen molar-refractivity contribution in [3.8, 4) is 17.3 Å². The number of carbonyl (C=O) groups excluding carboxylic acids is 1. The number of piperidine rings is 1. The molecule has 1 saturated carbocycles. The summed E-state index contributed by atoms with van der Waals surface area (Å²) in [4.78, 5) is 23.5. The highest BCUT2D eigenvalue weighted by Crippen LogP contribution is 2.41. The van der Waals surface area contributed by atoms with Crippen molar-refractivity contribution in [2.24, 2.45) is 13.0 Å². The maximum absolute atomic E-state index is 13.5. The first-order valence-electron chi connectivity index (χ1n) is 10.4. The van der Waals surface area contributed by atoms with Crippen LogP contribution in [-0.4, -0.2) is 44.0 Å². The normalized spacial score (nSPS) is 22.4. The summed E-state index contributed by atoms with van der Waals surface area (Å²) in [6, 6.07) is 9.42. The number of fused-ring (bicyclic) bond motifs is 2. The van der Waals surface area contributed by atoms with Crippen LogP contribution in [0.1, 0.15) is 28.8 Å². The number of aryl methyl sites for hydroxylation is 1. The lowest BCUT2D eigenvalue weighted by Crippen LogP contribution is -2.47. The van der Waals surface area contributed by atoms with E-state index in [0.29, 0.717) is 23.9 Å². The van der Waals surface area contributed by atoms with Crippen molar-refractivity contribution in [1.82, 2.24) is 19.4 Å². The molecule has 2 bridgehead atoms. The molecular formula is C23H21F3N4O2. The molecule has 32 heavy (non-hydrogen) atoms. The third kappa shape index (κ3) is 3.61. The van der Waals surface area contributed by atoms with Gasteiger partial charge in [0.2, 0.25) is 5.88 Å². The molecule has 2 fully saturated rings. The summed E-state index contributed by atoms with van der Waals surface area (Å²) < 4.78 is 46.1. The number of halogens is 3. The molecule has 166 valence electrons. The van der Waals surface area contributed by atoms with Crippen molar-refractivity contribution in [1.29, 1.82) is 0 Å². The third-order valence-electron chi connectivity index (χ3n) is 6.24. The van der Waals surface area contributed by atoms with Gasteiger partial charge in [0.05, 0.1) is 17.2 Å². The number of benzene rings is 1. The number of pyridine rings is 1. The van der Waals surface area contributed by atoms with Crippen LogP contribution in [0.2, 0.25) is 0 Å². The summed E-state index contributed by atoms with van der Waals surface area (Å²) in [5, 5.41) is 0. The molecule has 5 rings (SSSR count). The van der Waals surface area contributed by atoms with Gasteiger partial charge in [0.15, 0.2) is 0 Å². The van der Waals surface area contributed by atoms with Gasteiger partial charge < -0.3 is 14.2 Å². The summed E-state index contributed by atoms with van der Waals surface area (Å²) in [7, 11) is 1.88. The van der Waals surface area contributed by atoms with Crippen molar-refractivity contribution in [3.05, 3.63) is 66.1 Å². The number of hydrogen-bond acceptors (Lipinski definition) is 4. The molecule has 0 unspecified atom stereocenters. The predicted molar refractivity (Wildman–Crippen MR) is 110 cm³/mol. The Morgan fingerprint density at radius 1 is 1.12 bits per heavy atom. The van der Waals surface area contributed by atoms with Crippen molar-refractivity contribution >= 4 is 5.91 Å². The maximum Gasteiger partial charge on any atom is 0.417 e. The lowest BCUT2D eigenvalue weighted by atomic mass is 10.0. The van der Waals surface area contributed by atoms with E-state index < -0.39 is 11.7 Å². The number of aromatic nitrogens is 3. The number of likely N-dealkylation sites (tertiary alicyclic amines) is 1. The SMILES string of the molecule is Cn1ccnc1-c1ccccc1C(=O)N1C[C@H]2C[C@@H](Oc3ccc(C(F)(F)F)cn3)[C@@H]1C2. The van der Waals surface area contributed by atoms with E-state index in [1.54, 1.807) is 12.3 Å². The van der Waals surface area contributed by atoms with Gasteiger partial charge in [-0.25, -0.2) is 9.97 Å². The van der Waals surface area contributed by atoms with Gasteiger partial charge >= 0.3 is 6.18 Å². The third-order valence-corrected chi connectivity index (χ3v) is 6.24. The van der Waals surface area contributed by atoms with Crippen LogP contribution in [-0.2, 0) is 13.2 Å². The Morgan fingerprint density at radius 2 is 1.94 bits per heavy atom. The molecule has 0 N–H and O–H groups in total. The average molecular weight is 442 g/mol. The number of hydrogen-bond donors (Lipinski definition) is 0. The Balaban J connectivity index is 1.36. The maximum atomic E-state index is 13.5. The summed E-state index contributed by atoms with van der Waals surface area (Å²) in [6.45, 7) is 0.638. The zero-order valence-electron chi connectivity index (χ0n) is 17.3. The quantitative estimate of drug-likeness (QED) is 0.608. The molecule has 2 aliphatic rings. The van der Waals surface area contributed by atoms with E-state index in [-0.39, 0.29) is 23.9 Å². The average Bonchev–Trinajstić information content (AvgIpc) is 3.49. The van der Waals surface area contributed by atoms with Crippen LogP contribution in [0.3, 0.4) is 0 Å². The van der Waals surface area contributed by atoms with Crippen molar-refractivity contribution in [2.75, 3.05) is 6.54 Å². The van der Waals surface area contributed by atoms with Crippen LogP contribution in [0.15, 0.2) is 55.0 Å². The monoisotopic (exact) mass is 442 g/mol. The minimum Gasteiger partial charge on any atom is -0.472 e. The molecule has 1 saturated heterocycles. The van der Waals surface area contributed by atoms with E-state index in [1.165, 1.54) is 6.07 Å². The molecule has 1 amide bonds. The zero-order chi connectivity index (χ0) is 22.5. The fraction of sp³-hybridized carbons (Fsp3) is 0.348. The van der Waals surface area contributed by atoms with E-state index in [4.69, 9.17) is 4.74 Å². The molecule has 1 aromatic carbocycles. The summed E-state index contributed by atoms with van der Waals surface area (Å²) in [6.07, 6.45) is 1.10. The van der Waals surface area contributed by atoms with Crippen LogP contribution in [0.5, 0.6) is 5.88 Å². The number of ether oxygens (including phenoxy) is 1. The van der Waals surface area contributed by atoms with Gasteiger partial charge in [0.1, 0.15) is 11.9 Å². The molecule has 1 aliphatic heterocycles. The number of rotatable bonds is 4. The van der Waals surface area contributed by atoms with Crippen molar-refractivity contribution in [2.45, 2.75) is 31.2 Å². The van der Waals surface area contributed by atoms with Gasteiger partial charge in [-0.05, 0) is 30.9 Å². The fourth-order valence-electron chi connectivity index (χ4n) is 4.74. The second-order valence-electron chi connectivity index (χ2n) is 8.31. The highest BCUT2D eigenvalue weighted by molar-refractivity contribution is 6.00. The molecule has 3 aromatic rings. The molecule has 2 aromatic heterocycles. The van der Waals surface area contributed by atoms with Gasteiger partial charge in [0, 0.05) is 43.8 Å². The van der Waals surface area contributed by atoms with E-state index in [1.807, 2.05) is 40.9 Å². The smallest absolute Gasteiger partial charge is 0.417 e. The summed E-state index contributed by atoms with van der Waals surface area (Å²) in [5.74, 6) is 1.05. The van der Waals surface area contributed by atoms with Crippen LogP contribution in [0.25, 0.3) is 11.4 Å². The van der Waals surface area contributed by atoms with Gasteiger partial charge in [-0.2, -0.15) is 13.2 Å². The lowest BCUT2D eigenvalue weighted by molar-refractivity contribution is -0.137. The zero-order valence-corrected chi connectivity index (χ0v) is 17.3. The Labute approximate surface area is 182 Å². The number of imidazole rings is 1. The second-order valence-corrected chi connectivity index (χ2v) is 8.31. The van der Waals surface area contributed by atoms with Gasteiger partial charge in [-0.15, -0.1) is 0 Å². The Bertz CT molecular complexity index is 1140. The Morgan fingerprint density at radius 3 is 2.59 bits per heavy atom. The predicted octanol–water partition coefficient (Wildman–Crippen LogP) is 4.18. The van der Waals surface area contributed by atoms with Crippen LogP contribution >= 0.6 is 0 Å². The standard InChI is InChI=1S/C23H21F3N4O2/c1-29-9-8-27-21(29)16-4-2-3-5-17(16)22(31)30-13-14-10-18(30)19(11-14)32-20-7-6-15(12-28-20)23(24,25)26/h2-9,12,14,18-19H,10-11,13H2,1H3/t14-,18+,19-/m1/s1. The topological polar surface area (TPSA) is 60.2 Å². The van der Waals surface area contributed by atoms with Crippen molar-refractivity contribution in [3.63, 3.8) is 0 Å². The van der Waals surface area contributed by atoms with Crippen LogP contribution in [0, 0.1) is 5.92 Å². The van der Waals surface area contributed by atoms with E-state index in [2.05, 4.69) is 9.97 Å². The first-order valence-corrected chi connectivity index (χ1v) is 10.4. The molecule has 0 spiro atoms. The molecular weight excluding hydrogens is 421 g/mol. The summed E-state index contributed by atoms with van der Waals surface area (Å²) >= 11 is 0. The molecule has 3 heterocycles. The Hall–Kier alpha value is -3.36.